The summed E-state index contributed by atoms with van der Waals surface area (Å²) in [7, 11) is 0. The number of hydrogen-bond donors (Lipinski definition) is 21. The van der Waals surface area contributed by atoms with Crippen molar-refractivity contribution in [3.63, 3.8) is 0 Å². The Morgan fingerprint density at radius 3 is 0.866 bits per heavy atom. The number of aliphatic hydroxyl groups excluding tert-OH is 2. The molecule has 0 aromatic rings. The Hall–Kier alpha value is -3.50. The topological polar surface area (TPSA) is 395 Å². The second kappa shape index (κ2) is 32.3. The summed E-state index contributed by atoms with van der Waals surface area (Å²) < 4.78 is 0. The van der Waals surface area contributed by atoms with Crippen molar-refractivity contribution in [1.82, 2.24) is 53.2 Å². The predicted octanol–water partition coefficient (Wildman–Crippen LogP) is -7.44. The summed E-state index contributed by atoms with van der Waals surface area (Å²) in [5.41, 5.74) is 5.63. The van der Waals surface area contributed by atoms with Gasteiger partial charge in [0.05, 0.1) is 18.2 Å². The molecule has 0 aromatic carbocycles. The van der Waals surface area contributed by atoms with Gasteiger partial charge in [-0.3, -0.25) is 52.7 Å². The van der Waals surface area contributed by atoms with Gasteiger partial charge in [0.15, 0.2) is 0 Å². The number of thiol groups is 7. The van der Waals surface area contributed by atoms with Crippen molar-refractivity contribution in [2.75, 3.05) is 40.3 Å². The van der Waals surface area contributed by atoms with Gasteiger partial charge in [-0.05, 0) is 27.7 Å². The van der Waals surface area contributed by atoms with Crippen LogP contribution in [0.25, 0.3) is 0 Å². The SMILES string of the molecule is C[C@H](NC(=O)[C@H](CS)NC(=O)[C@H](CS)NC(=O)[C@H](C)NC(=O)[C@H](CS)NC(=O)[C@@H](NC(=O)[C@H](CS)NC(=O)[C@@H](NC(=O)[C@H](CS)NC(=O)[C@H](CS)NC(=O)[C@@H](N)CS)[C@@H](C)O)[C@@H](C)O)C(=O)O. The lowest BCUT2D eigenvalue weighted by molar-refractivity contribution is -0.141. The van der Waals surface area contributed by atoms with Gasteiger partial charge < -0.3 is 74.2 Å². The summed E-state index contributed by atoms with van der Waals surface area (Å²) in [6.45, 7) is 4.69. The smallest absolute Gasteiger partial charge is 0.325 e. The molecule has 25 nitrogen and oxygen atoms in total. The quantitative estimate of drug-likeness (QED) is 0.0297. The fraction of sp³-hybridized carbons (Fsp3) is 0.686. The maximum Gasteiger partial charge on any atom is 0.325 e. The monoisotopic (exact) mass is 1080 g/mol. The maximum absolute atomic E-state index is 13.4. The minimum Gasteiger partial charge on any atom is -0.480 e. The van der Waals surface area contributed by atoms with Gasteiger partial charge >= 0.3 is 5.97 Å². The number of carbonyl (C=O) groups excluding carboxylic acids is 10. The van der Waals surface area contributed by atoms with Gasteiger partial charge in [-0.2, -0.15) is 88.4 Å². The molecule has 0 saturated carbocycles. The van der Waals surface area contributed by atoms with Crippen molar-refractivity contribution in [3.8, 4) is 0 Å². The van der Waals surface area contributed by atoms with Gasteiger partial charge in [0.1, 0.15) is 60.4 Å². The summed E-state index contributed by atoms with van der Waals surface area (Å²) in [4.78, 5) is 141. The van der Waals surface area contributed by atoms with E-state index in [1.54, 1.807) is 0 Å². The van der Waals surface area contributed by atoms with Gasteiger partial charge in [-0.1, -0.05) is 0 Å². The number of aliphatic hydroxyl groups is 2. The van der Waals surface area contributed by atoms with Crippen LogP contribution in [0.15, 0.2) is 0 Å². The molecule has 0 aliphatic carbocycles. The molecule has 0 saturated heterocycles. The summed E-state index contributed by atoms with van der Waals surface area (Å²) in [6, 6.07) is -15.6. The number of carboxylic acids is 1. The number of hydrogen-bond acceptors (Lipinski definition) is 21. The number of rotatable bonds is 30. The lowest BCUT2D eigenvalue weighted by atomic mass is 10.1. The normalized spacial score (nSPS) is 16.9. The molecular weight excluding hydrogens is 1020 g/mol. The maximum atomic E-state index is 13.4. The Labute approximate surface area is 424 Å². The highest BCUT2D eigenvalue weighted by Crippen LogP contribution is 2.04. The standard InChI is InChI=1S/C35H61N11O14S7/c1-12(25(49)39-19(8-64)29(53)41-17(6-62)28(52)38-13(2)35(59)60)37-27(51)18(7-63)43-33(57)23(14(3)47)46-32(56)22(11-67)44-34(58)24(15(4)48)45-31(55)21(10-66)42-30(54)20(9-65)40-26(50)16(36)5-61/h12-24,47-48,61-67H,5-11,36H2,1-4H3,(H,37,51)(H,38,52)(H,39,49)(H,40,50)(H,41,53)(H,42,54)(H,43,57)(H,44,58)(H,45,55)(H,46,56)(H,59,60)/t12-,13-,14+,15+,16-,17-,18-,19-,20-,21-,22-,23-,24-/m0/s1. The highest BCUT2D eigenvalue weighted by molar-refractivity contribution is 7.81. The highest BCUT2D eigenvalue weighted by atomic mass is 32.1. The van der Waals surface area contributed by atoms with E-state index in [0.717, 1.165) is 13.8 Å². The zero-order chi connectivity index (χ0) is 51.9. The molecule has 32 heteroatoms. The van der Waals surface area contributed by atoms with Crippen LogP contribution in [0, 0.1) is 0 Å². The van der Waals surface area contributed by atoms with E-state index in [9.17, 15) is 63.0 Å². The van der Waals surface area contributed by atoms with Gasteiger partial charge in [0.2, 0.25) is 59.1 Å². The molecule has 0 fully saturated rings. The Balaban J connectivity index is 5.74. The minimum atomic E-state index is -1.78. The van der Waals surface area contributed by atoms with Crippen LogP contribution < -0.4 is 58.9 Å². The predicted molar refractivity (Wildman–Crippen MR) is 267 cm³/mol. The molecule has 382 valence electrons. The highest BCUT2D eigenvalue weighted by Gasteiger charge is 2.36. The van der Waals surface area contributed by atoms with Crippen LogP contribution in [0.2, 0.25) is 0 Å². The number of nitrogens with two attached hydrogens (primary N) is 1. The third-order valence-electron chi connectivity index (χ3n) is 9.03. The van der Waals surface area contributed by atoms with E-state index in [1.807, 2.05) is 0 Å². The van der Waals surface area contributed by atoms with E-state index in [-0.39, 0.29) is 34.5 Å². The average Bonchev–Trinajstić information content (AvgIpc) is 3.28. The van der Waals surface area contributed by atoms with Crippen LogP contribution >= 0.6 is 88.4 Å². The van der Waals surface area contributed by atoms with E-state index >= 15 is 0 Å². The third kappa shape index (κ3) is 21.8. The summed E-state index contributed by atoms with van der Waals surface area (Å²) in [6.07, 6.45) is -3.22. The van der Waals surface area contributed by atoms with Gasteiger partial charge in [0, 0.05) is 40.3 Å². The van der Waals surface area contributed by atoms with Gasteiger partial charge in [-0.15, -0.1) is 0 Å². The Morgan fingerprint density at radius 1 is 0.358 bits per heavy atom. The molecule has 0 spiro atoms. The van der Waals surface area contributed by atoms with E-state index in [1.165, 1.54) is 13.8 Å². The lowest BCUT2D eigenvalue weighted by Gasteiger charge is -2.28. The summed E-state index contributed by atoms with van der Waals surface area (Å²) in [5, 5.41) is 52.8. The Kier molecular flexibility index (Phi) is 30.6. The molecule has 0 aliphatic rings. The van der Waals surface area contributed by atoms with Crippen LogP contribution in [0.5, 0.6) is 0 Å². The zero-order valence-corrected chi connectivity index (χ0v) is 42.8. The fourth-order valence-electron chi connectivity index (χ4n) is 4.96. The number of carbonyl (C=O) groups is 11. The van der Waals surface area contributed by atoms with Crippen molar-refractivity contribution < 1.29 is 68.1 Å². The Morgan fingerprint density at radius 2 is 0.597 bits per heavy atom. The fourth-order valence-corrected chi connectivity index (χ4v) is 6.67. The van der Waals surface area contributed by atoms with Crippen LogP contribution in [0.3, 0.4) is 0 Å². The first-order valence-electron chi connectivity index (χ1n) is 19.9. The van der Waals surface area contributed by atoms with E-state index in [4.69, 9.17) is 10.8 Å². The van der Waals surface area contributed by atoms with E-state index in [0.29, 0.717) is 0 Å². The molecule has 0 rings (SSSR count). The lowest BCUT2D eigenvalue weighted by Crippen LogP contribution is -2.63. The number of aliphatic carboxylic acids is 1. The van der Waals surface area contributed by atoms with Crippen LogP contribution in [0.1, 0.15) is 27.7 Å². The van der Waals surface area contributed by atoms with E-state index in [2.05, 4.69) is 142 Å². The number of nitrogens with one attached hydrogen (secondary N) is 10. The molecule has 0 aliphatic heterocycles. The molecule has 0 bridgehead atoms. The second-order valence-electron chi connectivity index (χ2n) is 14.5. The van der Waals surface area contributed by atoms with Gasteiger partial charge in [-0.25, -0.2) is 0 Å². The molecule has 67 heavy (non-hydrogen) atoms. The van der Waals surface area contributed by atoms with Crippen LogP contribution in [-0.2, 0) is 52.7 Å². The van der Waals surface area contributed by atoms with Crippen molar-refractivity contribution in [3.05, 3.63) is 0 Å². The number of amides is 10. The molecule has 15 N–H and O–H groups in total. The first kappa shape index (κ1) is 63.5. The zero-order valence-electron chi connectivity index (χ0n) is 36.5. The molecule has 0 aromatic heterocycles. The largest absolute Gasteiger partial charge is 0.480 e. The summed E-state index contributed by atoms with van der Waals surface area (Å²) >= 11 is 28.3. The molecule has 13 atom stereocenters. The molecule has 0 radical (unpaired) electrons. The Bertz CT molecular complexity index is 1760. The minimum absolute atomic E-state index is 0.0251. The molecular formula is C35H61N11O14S7. The first-order chi connectivity index (χ1) is 31.3. The van der Waals surface area contributed by atoms with Crippen LogP contribution in [0.4, 0.5) is 0 Å². The van der Waals surface area contributed by atoms with Crippen molar-refractivity contribution in [1.29, 1.82) is 0 Å². The summed E-state index contributed by atoms with van der Waals surface area (Å²) in [5.74, 6) is -12.7. The van der Waals surface area contributed by atoms with Crippen molar-refractivity contribution in [2.24, 2.45) is 5.73 Å². The first-order valence-corrected chi connectivity index (χ1v) is 24.4. The van der Waals surface area contributed by atoms with Crippen molar-refractivity contribution in [2.45, 2.75) is 106 Å². The average molecular weight is 1080 g/mol. The van der Waals surface area contributed by atoms with Crippen molar-refractivity contribution >= 4 is 153 Å². The van der Waals surface area contributed by atoms with E-state index < -0.39 is 149 Å². The second-order valence-corrected chi connectivity index (χ2v) is 17.1. The molecule has 10 amide bonds. The number of carboxylic acid groups (broad SMARTS) is 1. The third-order valence-corrected chi connectivity index (χ3v) is 11.6. The van der Waals surface area contributed by atoms with Gasteiger partial charge in [0.25, 0.3) is 0 Å². The van der Waals surface area contributed by atoms with Crippen LogP contribution in [-0.4, -0.2) is 199 Å². The molecule has 0 unspecified atom stereocenters. The molecule has 0 heterocycles.